The first kappa shape index (κ1) is 11.9. The molecule has 0 aliphatic rings. The highest BCUT2D eigenvalue weighted by Gasteiger charge is 2.18. The summed E-state index contributed by atoms with van der Waals surface area (Å²) in [4.78, 5) is 1.08. The Hall–Kier alpha value is -1.16. The molecule has 1 unspecified atom stereocenters. The molecule has 0 fully saturated rings. The first-order valence-corrected chi connectivity index (χ1v) is 7.77. The van der Waals surface area contributed by atoms with Gasteiger partial charge in [0.25, 0.3) is 0 Å². The zero-order valence-electron chi connectivity index (χ0n) is 10.1. The Morgan fingerprint density at radius 3 is 2.78 bits per heavy atom. The molecule has 0 radical (unpaired) electrons. The van der Waals surface area contributed by atoms with Crippen LogP contribution >= 0.6 is 22.7 Å². The third-order valence-electron chi connectivity index (χ3n) is 3.21. The van der Waals surface area contributed by atoms with Crippen LogP contribution in [0.4, 0.5) is 0 Å². The average molecular weight is 274 g/mol. The van der Waals surface area contributed by atoms with E-state index in [9.17, 15) is 5.11 Å². The zero-order chi connectivity index (χ0) is 12.5. The van der Waals surface area contributed by atoms with Crippen LogP contribution < -0.4 is 0 Å². The molecule has 3 heteroatoms. The molecule has 0 bridgehead atoms. The third-order valence-corrected chi connectivity index (χ3v) is 5.20. The molecule has 2 aromatic heterocycles. The van der Waals surface area contributed by atoms with Gasteiger partial charge in [-0.1, -0.05) is 25.1 Å². The molecule has 1 aromatic carbocycles. The van der Waals surface area contributed by atoms with Crippen LogP contribution in [0.1, 0.15) is 29.0 Å². The first-order valence-electron chi connectivity index (χ1n) is 6.01. The summed E-state index contributed by atoms with van der Waals surface area (Å²) in [6.45, 7) is 2.13. The molecule has 0 amide bonds. The lowest BCUT2D eigenvalue weighted by atomic mass is 10.0. The lowest BCUT2D eigenvalue weighted by Gasteiger charge is -2.12. The van der Waals surface area contributed by atoms with Gasteiger partial charge in [-0.3, -0.25) is 0 Å². The molecule has 0 saturated heterocycles. The van der Waals surface area contributed by atoms with Crippen LogP contribution in [0.15, 0.2) is 41.1 Å². The van der Waals surface area contributed by atoms with Crippen molar-refractivity contribution in [2.75, 3.05) is 0 Å². The summed E-state index contributed by atoms with van der Waals surface area (Å²) >= 11 is 3.34. The second kappa shape index (κ2) is 4.84. The van der Waals surface area contributed by atoms with Crippen LogP contribution in [0, 0.1) is 0 Å². The molecule has 1 N–H and O–H groups in total. The van der Waals surface area contributed by atoms with E-state index in [1.807, 2.05) is 12.1 Å². The summed E-state index contributed by atoms with van der Waals surface area (Å²) in [6, 6.07) is 10.4. The van der Waals surface area contributed by atoms with Crippen LogP contribution in [0.2, 0.25) is 0 Å². The Morgan fingerprint density at radius 2 is 1.94 bits per heavy atom. The lowest BCUT2D eigenvalue weighted by Crippen LogP contribution is -2.00. The number of aliphatic hydroxyl groups is 1. The minimum absolute atomic E-state index is 0.498. The molecule has 3 aromatic rings. The molecule has 2 heterocycles. The van der Waals surface area contributed by atoms with E-state index in [1.165, 1.54) is 15.6 Å². The topological polar surface area (TPSA) is 20.2 Å². The number of fused-ring (bicyclic) bond motifs is 1. The molecule has 0 aliphatic heterocycles. The largest absolute Gasteiger partial charge is 0.383 e. The van der Waals surface area contributed by atoms with E-state index in [2.05, 4.69) is 35.9 Å². The van der Waals surface area contributed by atoms with Crippen molar-refractivity contribution >= 4 is 32.8 Å². The van der Waals surface area contributed by atoms with Gasteiger partial charge in [-0.2, -0.15) is 0 Å². The van der Waals surface area contributed by atoms with E-state index in [-0.39, 0.29) is 0 Å². The van der Waals surface area contributed by atoms with Gasteiger partial charge in [-0.15, -0.1) is 22.7 Å². The number of aliphatic hydroxyl groups excluding tert-OH is 1. The maximum atomic E-state index is 10.6. The van der Waals surface area contributed by atoms with Crippen molar-refractivity contribution in [3.8, 4) is 0 Å². The fourth-order valence-electron chi connectivity index (χ4n) is 2.25. The summed E-state index contributed by atoms with van der Waals surface area (Å²) in [5, 5.41) is 16.0. The smallest absolute Gasteiger partial charge is 0.115 e. The standard InChI is InChI=1S/C15H14OS2/c1-2-10-6-8-18-15(10)13(16)12-5-3-4-11-7-9-17-14(11)12/h3-9,13,16H,2H2,1H3. The average Bonchev–Trinajstić information content (AvgIpc) is 3.05. The predicted molar refractivity (Wildman–Crippen MR) is 79.6 cm³/mol. The van der Waals surface area contributed by atoms with Crippen molar-refractivity contribution in [2.45, 2.75) is 19.4 Å². The molecule has 18 heavy (non-hydrogen) atoms. The molecule has 92 valence electrons. The Kier molecular flexibility index (Phi) is 3.20. The van der Waals surface area contributed by atoms with Crippen molar-refractivity contribution in [3.63, 3.8) is 0 Å². The van der Waals surface area contributed by atoms with E-state index in [4.69, 9.17) is 0 Å². The van der Waals surface area contributed by atoms with Gasteiger partial charge in [0.1, 0.15) is 6.10 Å². The highest BCUT2D eigenvalue weighted by atomic mass is 32.1. The number of hydrogen-bond donors (Lipinski definition) is 1. The summed E-state index contributed by atoms with van der Waals surface area (Å²) in [7, 11) is 0. The van der Waals surface area contributed by atoms with Gasteiger partial charge < -0.3 is 5.11 Å². The molecule has 0 aliphatic carbocycles. The molecule has 3 rings (SSSR count). The Balaban J connectivity index is 2.12. The maximum Gasteiger partial charge on any atom is 0.115 e. The third kappa shape index (κ3) is 1.88. The molecule has 0 saturated carbocycles. The molecule has 0 spiro atoms. The van der Waals surface area contributed by atoms with Gasteiger partial charge in [-0.05, 0) is 40.3 Å². The molecule has 1 atom stereocenters. The van der Waals surface area contributed by atoms with Crippen molar-refractivity contribution < 1.29 is 5.11 Å². The highest BCUT2D eigenvalue weighted by molar-refractivity contribution is 7.17. The predicted octanol–water partition coefficient (Wildman–Crippen LogP) is 4.61. The van der Waals surface area contributed by atoms with Crippen molar-refractivity contribution in [3.05, 3.63) is 57.1 Å². The van der Waals surface area contributed by atoms with Crippen molar-refractivity contribution in [2.24, 2.45) is 0 Å². The summed E-state index contributed by atoms with van der Waals surface area (Å²) in [5.74, 6) is 0. The van der Waals surface area contributed by atoms with Gasteiger partial charge in [0.05, 0.1) is 0 Å². The second-order valence-electron chi connectivity index (χ2n) is 4.25. The van der Waals surface area contributed by atoms with Gasteiger partial charge in [-0.25, -0.2) is 0 Å². The van der Waals surface area contributed by atoms with Crippen LogP contribution in [-0.4, -0.2) is 5.11 Å². The van der Waals surface area contributed by atoms with E-state index in [0.717, 1.165) is 16.9 Å². The molecule has 1 nitrogen and oxygen atoms in total. The fraction of sp³-hybridized carbons (Fsp3) is 0.200. The minimum Gasteiger partial charge on any atom is -0.383 e. The van der Waals surface area contributed by atoms with E-state index in [0.29, 0.717) is 0 Å². The monoisotopic (exact) mass is 274 g/mol. The van der Waals surface area contributed by atoms with Crippen LogP contribution in [0.5, 0.6) is 0 Å². The Labute approximate surface area is 114 Å². The highest BCUT2D eigenvalue weighted by Crippen LogP contribution is 2.35. The number of hydrogen-bond acceptors (Lipinski definition) is 3. The number of benzene rings is 1. The lowest BCUT2D eigenvalue weighted by molar-refractivity contribution is 0.225. The van der Waals surface area contributed by atoms with E-state index >= 15 is 0 Å². The first-order chi connectivity index (χ1) is 8.81. The minimum atomic E-state index is -0.498. The van der Waals surface area contributed by atoms with Crippen molar-refractivity contribution in [1.29, 1.82) is 0 Å². The van der Waals surface area contributed by atoms with E-state index in [1.54, 1.807) is 22.7 Å². The Bertz CT molecular complexity index is 666. The van der Waals surface area contributed by atoms with Gasteiger partial charge in [0, 0.05) is 15.1 Å². The van der Waals surface area contributed by atoms with Crippen molar-refractivity contribution in [1.82, 2.24) is 0 Å². The zero-order valence-corrected chi connectivity index (χ0v) is 11.7. The maximum absolute atomic E-state index is 10.6. The number of rotatable bonds is 3. The van der Waals surface area contributed by atoms with E-state index < -0.39 is 6.10 Å². The molecular weight excluding hydrogens is 260 g/mol. The van der Waals surface area contributed by atoms with Crippen LogP contribution in [0.25, 0.3) is 10.1 Å². The van der Waals surface area contributed by atoms with Gasteiger partial charge in [0.2, 0.25) is 0 Å². The molecular formula is C15H14OS2. The summed E-state index contributed by atoms with van der Waals surface area (Å²) in [5.41, 5.74) is 2.28. The summed E-state index contributed by atoms with van der Waals surface area (Å²) < 4.78 is 1.19. The SMILES string of the molecule is CCc1ccsc1C(O)c1cccc2ccsc12. The summed E-state index contributed by atoms with van der Waals surface area (Å²) in [6.07, 6.45) is 0.471. The number of thiophene rings is 2. The van der Waals surface area contributed by atoms with Crippen LogP contribution in [-0.2, 0) is 6.42 Å². The fourth-order valence-corrected chi connectivity index (χ4v) is 4.19. The van der Waals surface area contributed by atoms with Gasteiger partial charge in [0.15, 0.2) is 0 Å². The van der Waals surface area contributed by atoms with Gasteiger partial charge >= 0.3 is 0 Å². The van der Waals surface area contributed by atoms with Crippen LogP contribution in [0.3, 0.4) is 0 Å². The number of aryl methyl sites for hydroxylation is 1. The second-order valence-corrected chi connectivity index (χ2v) is 6.12. The normalized spacial score (nSPS) is 13.0. The Morgan fingerprint density at radius 1 is 1.11 bits per heavy atom. The quantitative estimate of drug-likeness (QED) is 0.739.